The number of nitrogens with zero attached hydrogens (tertiary/aromatic N) is 1. The Morgan fingerprint density at radius 1 is 1.43 bits per heavy atom. The lowest BCUT2D eigenvalue weighted by Crippen LogP contribution is -2.19. The van der Waals surface area contributed by atoms with Crippen molar-refractivity contribution < 1.29 is 8.79 Å². The standard InChI is InChI=1S/C10H7FN2S/c1-6-5-14-10-12-8-4-7(11)2-3-9(8)13(6)10/h2-5H,1H3/p+1. The van der Waals surface area contributed by atoms with E-state index in [0.717, 1.165) is 16.0 Å². The number of hydrogen-bond acceptors (Lipinski definition) is 1. The molecule has 1 N–H and O–H groups in total. The van der Waals surface area contributed by atoms with Gasteiger partial charge >= 0.3 is 4.96 Å². The van der Waals surface area contributed by atoms with Crippen molar-refractivity contribution in [2.24, 2.45) is 0 Å². The van der Waals surface area contributed by atoms with E-state index in [1.807, 2.05) is 6.92 Å². The van der Waals surface area contributed by atoms with Gasteiger partial charge in [0.2, 0.25) is 0 Å². The molecule has 14 heavy (non-hydrogen) atoms. The van der Waals surface area contributed by atoms with Crippen molar-refractivity contribution in [2.45, 2.75) is 6.92 Å². The van der Waals surface area contributed by atoms with Gasteiger partial charge in [0.25, 0.3) is 0 Å². The van der Waals surface area contributed by atoms with Crippen molar-refractivity contribution in [3.05, 3.63) is 35.1 Å². The molecule has 0 fully saturated rings. The number of aromatic nitrogens is 2. The van der Waals surface area contributed by atoms with Gasteiger partial charge in [-0.05, 0) is 19.1 Å². The summed E-state index contributed by atoms with van der Waals surface area (Å²) in [6.07, 6.45) is 0. The highest BCUT2D eigenvalue weighted by Gasteiger charge is 2.15. The Kier molecular flexibility index (Phi) is 1.44. The summed E-state index contributed by atoms with van der Waals surface area (Å²) in [7, 11) is 0. The molecule has 0 aliphatic carbocycles. The number of imidazole rings is 1. The molecule has 3 aromatic rings. The van der Waals surface area contributed by atoms with E-state index in [0.29, 0.717) is 0 Å². The Bertz CT molecular complexity index is 623. The Morgan fingerprint density at radius 3 is 3.14 bits per heavy atom. The SMILES string of the molecule is Cc1csc2[nH]c3cc(F)ccc3[n+]12. The lowest BCUT2D eigenvalue weighted by atomic mass is 10.3. The minimum Gasteiger partial charge on any atom is -0.227 e. The van der Waals surface area contributed by atoms with E-state index in [-0.39, 0.29) is 5.82 Å². The van der Waals surface area contributed by atoms with Gasteiger partial charge in [0.05, 0.1) is 0 Å². The van der Waals surface area contributed by atoms with Gasteiger partial charge in [0, 0.05) is 11.4 Å². The van der Waals surface area contributed by atoms with Crippen LogP contribution in [0.3, 0.4) is 0 Å². The van der Waals surface area contributed by atoms with E-state index in [1.165, 1.54) is 17.8 Å². The lowest BCUT2D eigenvalue weighted by molar-refractivity contribution is -0.484. The smallest absolute Gasteiger partial charge is 0.227 e. The lowest BCUT2D eigenvalue weighted by Gasteiger charge is -1.86. The fraction of sp³-hybridized carbons (Fsp3) is 0.100. The average Bonchev–Trinajstić information content (AvgIpc) is 2.66. The van der Waals surface area contributed by atoms with Gasteiger partial charge in [0.1, 0.15) is 11.5 Å². The fourth-order valence-electron chi connectivity index (χ4n) is 1.71. The molecule has 0 unspecified atom stereocenters. The number of benzene rings is 1. The fourth-order valence-corrected chi connectivity index (χ4v) is 2.61. The molecule has 0 aliphatic rings. The normalized spacial score (nSPS) is 11.6. The summed E-state index contributed by atoms with van der Waals surface area (Å²) in [6.45, 7) is 2.04. The van der Waals surface area contributed by atoms with Crippen molar-refractivity contribution in [1.82, 2.24) is 4.98 Å². The number of thiazole rings is 1. The largest absolute Gasteiger partial charge is 0.344 e. The molecular weight excluding hydrogens is 199 g/mol. The van der Waals surface area contributed by atoms with Crippen molar-refractivity contribution in [1.29, 1.82) is 0 Å². The molecule has 0 saturated carbocycles. The van der Waals surface area contributed by atoms with E-state index in [2.05, 4.69) is 14.8 Å². The third-order valence-electron chi connectivity index (χ3n) is 2.34. The van der Waals surface area contributed by atoms with Crippen LogP contribution < -0.4 is 4.40 Å². The molecule has 0 aliphatic heterocycles. The maximum atomic E-state index is 12.9. The van der Waals surface area contributed by atoms with Crippen molar-refractivity contribution in [3.8, 4) is 0 Å². The number of aryl methyl sites for hydroxylation is 1. The predicted molar refractivity (Wildman–Crippen MR) is 54.0 cm³/mol. The van der Waals surface area contributed by atoms with Crippen LogP contribution in [-0.2, 0) is 0 Å². The maximum absolute atomic E-state index is 12.9. The minimum absolute atomic E-state index is 0.204. The first kappa shape index (κ1) is 7.94. The summed E-state index contributed by atoms with van der Waals surface area (Å²) >= 11 is 1.63. The number of fused-ring (bicyclic) bond motifs is 3. The Labute approximate surface area is 83.6 Å². The van der Waals surface area contributed by atoms with E-state index >= 15 is 0 Å². The first-order valence-corrected chi connectivity index (χ1v) is 5.21. The summed E-state index contributed by atoms with van der Waals surface area (Å²) < 4.78 is 15.0. The molecule has 70 valence electrons. The molecule has 3 rings (SSSR count). The second-order valence-corrected chi connectivity index (χ2v) is 4.16. The Balaban J connectivity index is 2.58. The molecule has 1 aromatic carbocycles. The van der Waals surface area contributed by atoms with Gasteiger partial charge in [-0.1, -0.05) is 11.3 Å². The van der Waals surface area contributed by atoms with E-state index in [4.69, 9.17) is 0 Å². The summed E-state index contributed by atoms with van der Waals surface area (Å²) in [5.41, 5.74) is 3.04. The topological polar surface area (TPSA) is 19.9 Å². The molecule has 2 heterocycles. The quantitative estimate of drug-likeness (QED) is 0.546. The zero-order valence-corrected chi connectivity index (χ0v) is 8.36. The van der Waals surface area contributed by atoms with Crippen LogP contribution in [0.1, 0.15) is 5.69 Å². The van der Waals surface area contributed by atoms with Gasteiger partial charge in [-0.25, -0.2) is 9.37 Å². The Hall–Kier alpha value is -1.42. The molecule has 0 bridgehead atoms. The molecule has 0 amide bonds. The molecule has 0 atom stereocenters. The first-order chi connectivity index (χ1) is 6.75. The highest BCUT2D eigenvalue weighted by molar-refractivity contribution is 7.14. The molecule has 2 aromatic heterocycles. The number of halogens is 1. The van der Waals surface area contributed by atoms with E-state index in [9.17, 15) is 4.39 Å². The Morgan fingerprint density at radius 2 is 2.29 bits per heavy atom. The van der Waals surface area contributed by atoms with Crippen molar-refractivity contribution in [2.75, 3.05) is 0 Å². The van der Waals surface area contributed by atoms with Gasteiger partial charge in [-0.2, -0.15) is 4.40 Å². The first-order valence-electron chi connectivity index (χ1n) is 4.33. The zero-order valence-electron chi connectivity index (χ0n) is 7.54. The molecule has 4 heteroatoms. The second-order valence-electron chi connectivity index (χ2n) is 3.30. The maximum Gasteiger partial charge on any atom is 0.344 e. The van der Waals surface area contributed by atoms with Gasteiger partial charge < -0.3 is 0 Å². The van der Waals surface area contributed by atoms with E-state index < -0.39 is 0 Å². The number of aromatic amines is 1. The van der Waals surface area contributed by atoms with Crippen molar-refractivity contribution >= 4 is 27.3 Å². The molecule has 0 saturated heterocycles. The van der Waals surface area contributed by atoms with Gasteiger partial charge in [-0.3, -0.25) is 0 Å². The van der Waals surface area contributed by atoms with Crippen LogP contribution in [0.2, 0.25) is 0 Å². The second kappa shape index (κ2) is 2.54. The van der Waals surface area contributed by atoms with Crippen LogP contribution in [0.15, 0.2) is 23.6 Å². The molecular formula is C10H8FN2S+. The summed E-state index contributed by atoms with van der Waals surface area (Å²) in [6, 6.07) is 4.81. The summed E-state index contributed by atoms with van der Waals surface area (Å²) in [4.78, 5) is 4.23. The van der Waals surface area contributed by atoms with Crippen LogP contribution in [0.4, 0.5) is 4.39 Å². The van der Waals surface area contributed by atoms with Crippen LogP contribution >= 0.6 is 11.3 Å². The molecule has 2 nitrogen and oxygen atoms in total. The van der Waals surface area contributed by atoms with Crippen LogP contribution in [0.25, 0.3) is 16.0 Å². The number of nitrogens with one attached hydrogen (secondary N) is 1. The zero-order chi connectivity index (χ0) is 9.71. The highest BCUT2D eigenvalue weighted by atomic mass is 32.1. The van der Waals surface area contributed by atoms with Gasteiger partial charge in [-0.15, -0.1) is 0 Å². The predicted octanol–water partition coefficient (Wildman–Crippen LogP) is 2.42. The van der Waals surface area contributed by atoms with E-state index in [1.54, 1.807) is 17.4 Å². The molecule has 0 spiro atoms. The summed E-state index contributed by atoms with van der Waals surface area (Å²) in [5.74, 6) is -0.204. The highest BCUT2D eigenvalue weighted by Crippen LogP contribution is 2.16. The van der Waals surface area contributed by atoms with Crippen LogP contribution in [0, 0.1) is 12.7 Å². The molecule has 0 radical (unpaired) electrons. The average molecular weight is 207 g/mol. The third kappa shape index (κ3) is 0.915. The number of H-pyrrole nitrogens is 1. The number of hydrogen-bond donors (Lipinski definition) is 1. The van der Waals surface area contributed by atoms with Crippen LogP contribution in [-0.4, -0.2) is 4.98 Å². The minimum atomic E-state index is -0.204. The third-order valence-corrected chi connectivity index (χ3v) is 3.30. The monoisotopic (exact) mass is 207 g/mol. The van der Waals surface area contributed by atoms with Crippen molar-refractivity contribution in [3.63, 3.8) is 0 Å². The van der Waals surface area contributed by atoms with Gasteiger partial charge in [0.15, 0.2) is 11.0 Å². The summed E-state index contributed by atoms with van der Waals surface area (Å²) in [5, 5.41) is 2.08. The van der Waals surface area contributed by atoms with Crippen LogP contribution in [0.5, 0.6) is 0 Å². The number of rotatable bonds is 0.